The van der Waals surface area contributed by atoms with Crippen molar-refractivity contribution in [1.29, 1.82) is 0 Å². The Morgan fingerprint density at radius 1 is 0.919 bits per heavy atom. The Kier molecular flexibility index (Phi) is 6.76. The van der Waals surface area contributed by atoms with Crippen LogP contribution in [0.5, 0.6) is 5.75 Å². The van der Waals surface area contributed by atoms with Crippen LogP contribution in [0.1, 0.15) is 11.1 Å². The van der Waals surface area contributed by atoms with E-state index in [9.17, 15) is 22.4 Å². The first-order valence-corrected chi connectivity index (χ1v) is 13.5. The van der Waals surface area contributed by atoms with Crippen LogP contribution in [-0.4, -0.2) is 24.5 Å². The van der Waals surface area contributed by atoms with Crippen molar-refractivity contribution in [3.05, 3.63) is 112 Å². The molecule has 0 unspecified atom stereocenters. The van der Waals surface area contributed by atoms with Crippen molar-refractivity contribution in [2.45, 2.75) is 11.4 Å². The summed E-state index contributed by atoms with van der Waals surface area (Å²) in [7, 11) is -4.07. The Morgan fingerprint density at radius 2 is 1.65 bits per heavy atom. The molecule has 1 aliphatic rings. The molecule has 186 valence electrons. The number of benzene rings is 4. The van der Waals surface area contributed by atoms with Gasteiger partial charge < -0.3 is 4.18 Å². The van der Waals surface area contributed by atoms with E-state index in [1.165, 1.54) is 42.5 Å². The second-order valence-corrected chi connectivity index (χ2v) is 11.0. The van der Waals surface area contributed by atoms with Crippen LogP contribution in [0.4, 0.5) is 9.18 Å². The maximum absolute atomic E-state index is 14.1. The molecule has 2 amide bonds. The molecule has 4 aromatic rings. The highest BCUT2D eigenvalue weighted by Crippen LogP contribution is 2.35. The highest BCUT2D eigenvalue weighted by atomic mass is 35.5. The van der Waals surface area contributed by atoms with Crippen LogP contribution in [0, 0.1) is 5.82 Å². The number of thioether (sulfide) groups is 1. The molecule has 0 radical (unpaired) electrons. The summed E-state index contributed by atoms with van der Waals surface area (Å²) in [5, 5.41) is 1.26. The standard InChI is InChI=1S/C27H17ClFNO5S2/c28-23-6-3-7-24(29)22(23)16-30-26(31)25(36-27(30)32)14-17-8-11-20(12-9-17)35-37(33,34)21-13-10-18-4-1-2-5-19(18)15-21/h1-15H,16H2/b25-14-. The number of carbonyl (C=O) groups excluding carboxylic acids is 2. The molecule has 0 saturated carbocycles. The Balaban J connectivity index is 1.31. The van der Waals surface area contributed by atoms with E-state index in [2.05, 4.69) is 0 Å². The number of nitrogens with zero attached hydrogens (tertiary/aromatic N) is 1. The lowest BCUT2D eigenvalue weighted by atomic mass is 10.1. The summed E-state index contributed by atoms with van der Waals surface area (Å²) in [5.74, 6) is -1.09. The third-order valence-corrected chi connectivity index (χ3v) is 8.15. The van der Waals surface area contributed by atoms with Gasteiger partial charge in [0.1, 0.15) is 16.5 Å². The van der Waals surface area contributed by atoms with Gasteiger partial charge in [0.25, 0.3) is 11.1 Å². The van der Waals surface area contributed by atoms with Gasteiger partial charge in [-0.05, 0) is 70.6 Å². The van der Waals surface area contributed by atoms with Crippen LogP contribution in [0.25, 0.3) is 16.8 Å². The average molecular weight is 554 g/mol. The number of hydrogen-bond acceptors (Lipinski definition) is 6. The van der Waals surface area contributed by atoms with Crippen LogP contribution in [0.2, 0.25) is 5.02 Å². The van der Waals surface area contributed by atoms with Crippen molar-refractivity contribution in [1.82, 2.24) is 4.90 Å². The lowest BCUT2D eigenvalue weighted by molar-refractivity contribution is -0.123. The van der Waals surface area contributed by atoms with E-state index in [1.807, 2.05) is 24.3 Å². The highest BCUT2D eigenvalue weighted by molar-refractivity contribution is 8.18. The Labute approximate surface area is 221 Å². The quantitative estimate of drug-likeness (QED) is 0.197. The van der Waals surface area contributed by atoms with E-state index in [0.717, 1.165) is 27.4 Å². The zero-order valence-electron chi connectivity index (χ0n) is 18.9. The summed E-state index contributed by atoms with van der Waals surface area (Å²) in [6.45, 7) is -0.285. The lowest BCUT2D eigenvalue weighted by Gasteiger charge is -2.14. The molecular formula is C27H17ClFNO5S2. The maximum atomic E-state index is 14.1. The first-order chi connectivity index (χ1) is 17.7. The van der Waals surface area contributed by atoms with E-state index in [-0.39, 0.29) is 32.7 Å². The largest absolute Gasteiger partial charge is 0.379 e. The summed E-state index contributed by atoms with van der Waals surface area (Å²) in [5.41, 5.74) is 0.603. The average Bonchev–Trinajstić information content (AvgIpc) is 3.14. The van der Waals surface area contributed by atoms with Crippen LogP contribution in [-0.2, 0) is 21.5 Å². The van der Waals surface area contributed by atoms with E-state index in [0.29, 0.717) is 5.56 Å². The molecule has 4 aromatic carbocycles. The molecule has 6 nitrogen and oxygen atoms in total. The minimum Gasteiger partial charge on any atom is -0.379 e. The van der Waals surface area contributed by atoms with Gasteiger partial charge in [-0.1, -0.05) is 60.1 Å². The van der Waals surface area contributed by atoms with E-state index >= 15 is 0 Å². The second-order valence-electron chi connectivity index (χ2n) is 8.08. The summed E-state index contributed by atoms with van der Waals surface area (Å²) in [6, 6.07) is 22.3. The van der Waals surface area contributed by atoms with Gasteiger partial charge in [0.05, 0.1) is 11.4 Å². The first-order valence-electron chi connectivity index (χ1n) is 10.9. The van der Waals surface area contributed by atoms with Crippen molar-refractivity contribution in [3.63, 3.8) is 0 Å². The van der Waals surface area contributed by atoms with Gasteiger partial charge in [-0.3, -0.25) is 14.5 Å². The SMILES string of the molecule is O=C1S/C(=C\c2ccc(OS(=O)(=O)c3ccc4ccccc4c3)cc2)C(=O)N1Cc1c(F)cccc1Cl. The topological polar surface area (TPSA) is 80.8 Å². The monoisotopic (exact) mass is 553 g/mol. The molecule has 0 spiro atoms. The minimum absolute atomic E-state index is 0.0268. The number of fused-ring (bicyclic) bond motifs is 1. The number of rotatable bonds is 6. The zero-order chi connectivity index (χ0) is 26.2. The molecule has 10 heteroatoms. The molecule has 1 heterocycles. The van der Waals surface area contributed by atoms with Crippen LogP contribution >= 0.6 is 23.4 Å². The molecule has 0 aromatic heterocycles. The van der Waals surface area contributed by atoms with Crippen molar-refractivity contribution < 1.29 is 26.6 Å². The van der Waals surface area contributed by atoms with Crippen LogP contribution < -0.4 is 4.18 Å². The fraction of sp³-hybridized carbons (Fsp3) is 0.0370. The molecule has 5 rings (SSSR count). The predicted molar refractivity (Wildman–Crippen MR) is 141 cm³/mol. The van der Waals surface area contributed by atoms with Crippen LogP contribution in [0.3, 0.4) is 0 Å². The van der Waals surface area contributed by atoms with Gasteiger partial charge in [-0.15, -0.1) is 0 Å². The third kappa shape index (κ3) is 5.24. The molecule has 37 heavy (non-hydrogen) atoms. The van der Waals surface area contributed by atoms with Gasteiger partial charge in [-0.25, -0.2) is 4.39 Å². The van der Waals surface area contributed by atoms with Gasteiger partial charge in [0.15, 0.2) is 0 Å². The predicted octanol–water partition coefficient (Wildman–Crippen LogP) is 6.64. The van der Waals surface area contributed by atoms with Gasteiger partial charge >= 0.3 is 10.1 Å². The fourth-order valence-corrected chi connectivity index (χ4v) is 5.77. The molecule has 0 atom stereocenters. The molecule has 1 saturated heterocycles. The third-order valence-electron chi connectivity index (χ3n) is 5.64. The van der Waals surface area contributed by atoms with Gasteiger partial charge in [0.2, 0.25) is 0 Å². The molecule has 0 N–H and O–H groups in total. The number of amides is 2. The van der Waals surface area contributed by atoms with Gasteiger partial charge in [0, 0.05) is 10.6 Å². The minimum atomic E-state index is -4.07. The molecule has 0 bridgehead atoms. The number of hydrogen-bond donors (Lipinski definition) is 0. The molecule has 0 aliphatic carbocycles. The Bertz CT molecular complexity index is 1670. The first kappa shape index (κ1) is 25.0. The molecular weight excluding hydrogens is 537 g/mol. The highest BCUT2D eigenvalue weighted by Gasteiger charge is 2.35. The van der Waals surface area contributed by atoms with Crippen molar-refractivity contribution in [2.75, 3.05) is 0 Å². The fourth-order valence-electron chi connectivity index (χ4n) is 3.75. The number of carbonyl (C=O) groups is 2. The summed E-state index contributed by atoms with van der Waals surface area (Å²) >= 11 is 6.76. The van der Waals surface area contributed by atoms with E-state index < -0.39 is 27.1 Å². The van der Waals surface area contributed by atoms with Crippen LogP contribution in [0.15, 0.2) is 94.7 Å². The Morgan fingerprint density at radius 3 is 2.38 bits per heavy atom. The lowest BCUT2D eigenvalue weighted by Crippen LogP contribution is -2.28. The van der Waals surface area contributed by atoms with E-state index in [1.54, 1.807) is 24.3 Å². The molecule has 1 aliphatic heterocycles. The van der Waals surface area contributed by atoms with E-state index in [4.69, 9.17) is 15.8 Å². The van der Waals surface area contributed by atoms with Gasteiger partial charge in [-0.2, -0.15) is 8.42 Å². The number of imide groups is 1. The summed E-state index contributed by atoms with van der Waals surface area (Å²) in [4.78, 5) is 26.3. The second kappa shape index (κ2) is 10.0. The molecule has 1 fully saturated rings. The summed E-state index contributed by atoms with van der Waals surface area (Å²) < 4.78 is 44.9. The zero-order valence-corrected chi connectivity index (χ0v) is 21.3. The Hall–Kier alpha value is -3.66. The van der Waals surface area contributed by atoms with Crippen molar-refractivity contribution >= 4 is 61.5 Å². The normalized spacial score (nSPS) is 15.1. The van der Waals surface area contributed by atoms with Crippen molar-refractivity contribution in [3.8, 4) is 5.75 Å². The van der Waals surface area contributed by atoms with Crippen molar-refractivity contribution in [2.24, 2.45) is 0 Å². The number of halogens is 2. The maximum Gasteiger partial charge on any atom is 0.339 e. The summed E-state index contributed by atoms with van der Waals surface area (Å²) in [6.07, 6.45) is 1.50. The smallest absolute Gasteiger partial charge is 0.339 e.